The Morgan fingerprint density at radius 1 is 1.40 bits per heavy atom. The molecule has 0 amide bonds. The molecule has 0 heterocycles. The summed E-state index contributed by atoms with van der Waals surface area (Å²) in [5, 5.41) is 3.50. The van der Waals surface area contributed by atoms with Gasteiger partial charge in [-0.15, -0.1) is 0 Å². The molecular formula is C13H21NO. The number of hydrogen-bond acceptors (Lipinski definition) is 2. The number of nitrogens with one attached hydrogen (secondary N) is 1. The van der Waals surface area contributed by atoms with Gasteiger partial charge in [0.2, 0.25) is 0 Å². The molecule has 0 radical (unpaired) electrons. The van der Waals surface area contributed by atoms with Gasteiger partial charge < -0.3 is 10.1 Å². The molecule has 0 bridgehead atoms. The van der Waals surface area contributed by atoms with Gasteiger partial charge in [0.15, 0.2) is 0 Å². The van der Waals surface area contributed by atoms with Crippen LogP contribution in [0.25, 0.3) is 0 Å². The van der Waals surface area contributed by atoms with Crippen LogP contribution in [-0.4, -0.2) is 13.7 Å². The predicted molar refractivity (Wildman–Crippen MR) is 64.3 cm³/mol. The van der Waals surface area contributed by atoms with E-state index in [2.05, 4.69) is 31.3 Å². The van der Waals surface area contributed by atoms with E-state index in [1.54, 1.807) is 7.11 Å². The number of methoxy groups -OCH3 is 1. The minimum Gasteiger partial charge on any atom is -0.497 e. The molecule has 2 nitrogen and oxygen atoms in total. The summed E-state index contributed by atoms with van der Waals surface area (Å²) in [4.78, 5) is 0. The second-order valence-electron chi connectivity index (χ2n) is 3.81. The third-order valence-corrected chi connectivity index (χ3v) is 2.57. The van der Waals surface area contributed by atoms with E-state index < -0.39 is 0 Å². The van der Waals surface area contributed by atoms with Gasteiger partial charge in [-0.05, 0) is 37.6 Å². The second-order valence-corrected chi connectivity index (χ2v) is 3.81. The van der Waals surface area contributed by atoms with Crippen molar-refractivity contribution in [1.82, 2.24) is 5.32 Å². The molecule has 0 saturated carbocycles. The Kier molecular flexibility index (Phi) is 5.19. The van der Waals surface area contributed by atoms with E-state index in [1.807, 2.05) is 12.1 Å². The van der Waals surface area contributed by atoms with Gasteiger partial charge in [-0.2, -0.15) is 0 Å². The van der Waals surface area contributed by atoms with Crippen LogP contribution in [0.5, 0.6) is 5.75 Å². The van der Waals surface area contributed by atoms with Crippen molar-refractivity contribution in [2.75, 3.05) is 13.7 Å². The van der Waals surface area contributed by atoms with E-state index in [0.29, 0.717) is 6.04 Å². The Labute approximate surface area is 92.6 Å². The molecule has 0 unspecified atom stereocenters. The van der Waals surface area contributed by atoms with Crippen molar-refractivity contribution in [3.05, 3.63) is 29.8 Å². The molecule has 0 aromatic heterocycles. The van der Waals surface area contributed by atoms with Gasteiger partial charge in [0.05, 0.1) is 7.11 Å². The van der Waals surface area contributed by atoms with Crippen molar-refractivity contribution in [2.24, 2.45) is 0 Å². The van der Waals surface area contributed by atoms with Crippen molar-refractivity contribution in [1.29, 1.82) is 0 Å². The minimum atomic E-state index is 0.395. The molecule has 0 aliphatic carbocycles. The van der Waals surface area contributed by atoms with Gasteiger partial charge in [-0.25, -0.2) is 0 Å². The largest absolute Gasteiger partial charge is 0.497 e. The second kappa shape index (κ2) is 6.46. The molecule has 0 aliphatic heterocycles. The van der Waals surface area contributed by atoms with Crippen molar-refractivity contribution in [3.8, 4) is 5.75 Å². The summed E-state index contributed by atoms with van der Waals surface area (Å²) in [5.41, 5.74) is 1.28. The molecule has 84 valence electrons. The van der Waals surface area contributed by atoms with E-state index in [-0.39, 0.29) is 0 Å². The van der Waals surface area contributed by atoms with E-state index in [9.17, 15) is 0 Å². The first-order valence-electron chi connectivity index (χ1n) is 5.65. The molecule has 0 saturated heterocycles. The van der Waals surface area contributed by atoms with Crippen molar-refractivity contribution < 1.29 is 4.74 Å². The van der Waals surface area contributed by atoms with Crippen LogP contribution in [0.15, 0.2) is 24.3 Å². The van der Waals surface area contributed by atoms with Crippen molar-refractivity contribution in [3.63, 3.8) is 0 Å². The maximum Gasteiger partial charge on any atom is 0.119 e. The Balaban J connectivity index is 2.52. The highest BCUT2D eigenvalue weighted by molar-refractivity contribution is 5.30. The predicted octanol–water partition coefficient (Wildman–Crippen LogP) is 3.15. The number of unbranched alkanes of at least 4 members (excludes halogenated alkanes) is 1. The van der Waals surface area contributed by atoms with Gasteiger partial charge in [-0.1, -0.05) is 25.5 Å². The van der Waals surface area contributed by atoms with Crippen LogP contribution in [-0.2, 0) is 0 Å². The molecular weight excluding hydrogens is 186 g/mol. The van der Waals surface area contributed by atoms with Crippen LogP contribution in [0.4, 0.5) is 0 Å². The zero-order valence-corrected chi connectivity index (χ0v) is 9.92. The quantitative estimate of drug-likeness (QED) is 0.723. The van der Waals surface area contributed by atoms with Crippen LogP contribution in [0.3, 0.4) is 0 Å². The van der Waals surface area contributed by atoms with Gasteiger partial charge in [0.1, 0.15) is 5.75 Å². The monoisotopic (exact) mass is 207 g/mol. The van der Waals surface area contributed by atoms with Gasteiger partial charge >= 0.3 is 0 Å². The zero-order valence-electron chi connectivity index (χ0n) is 9.92. The fourth-order valence-corrected chi connectivity index (χ4v) is 1.52. The fourth-order valence-electron chi connectivity index (χ4n) is 1.52. The molecule has 1 atom stereocenters. The molecule has 15 heavy (non-hydrogen) atoms. The molecule has 1 N–H and O–H groups in total. The number of hydrogen-bond donors (Lipinski definition) is 1. The Hall–Kier alpha value is -1.02. The van der Waals surface area contributed by atoms with E-state index in [4.69, 9.17) is 4.74 Å². The van der Waals surface area contributed by atoms with E-state index in [1.165, 1.54) is 18.4 Å². The first-order valence-corrected chi connectivity index (χ1v) is 5.65. The molecule has 0 spiro atoms. The lowest BCUT2D eigenvalue weighted by Gasteiger charge is -2.14. The van der Waals surface area contributed by atoms with Crippen LogP contribution in [0.2, 0.25) is 0 Å². The zero-order chi connectivity index (χ0) is 11.1. The first kappa shape index (κ1) is 12.1. The lowest BCUT2D eigenvalue weighted by molar-refractivity contribution is 0.413. The third kappa shape index (κ3) is 3.92. The summed E-state index contributed by atoms with van der Waals surface area (Å²) in [7, 11) is 1.70. The SMILES string of the molecule is CCCCN[C@H](C)c1cccc(OC)c1. The summed E-state index contributed by atoms with van der Waals surface area (Å²) in [5.74, 6) is 0.927. The van der Waals surface area contributed by atoms with Crippen LogP contribution in [0, 0.1) is 0 Å². The summed E-state index contributed by atoms with van der Waals surface area (Å²) in [6.07, 6.45) is 2.46. The maximum atomic E-state index is 5.20. The normalized spacial score (nSPS) is 12.5. The average molecular weight is 207 g/mol. The van der Waals surface area contributed by atoms with Crippen LogP contribution in [0.1, 0.15) is 38.3 Å². The number of rotatable bonds is 6. The Morgan fingerprint density at radius 3 is 2.87 bits per heavy atom. The van der Waals surface area contributed by atoms with E-state index in [0.717, 1.165) is 12.3 Å². The Morgan fingerprint density at radius 2 is 2.20 bits per heavy atom. The van der Waals surface area contributed by atoms with Crippen LogP contribution < -0.4 is 10.1 Å². The Bertz CT molecular complexity index is 286. The highest BCUT2D eigenvalue weighted by atomic mass is 16.5. The molecule has 1 aromatic rings. The molecule has 0 fully saturated rings. The van der Waals surface area contributed by atoms with Crippen molar-refractivity contribution in [2.45, 2.75) is 32.7 Å². The topological polar surface area (TPSA) is 21.3 Å². The van der Waals surface area contributed by atoms with Gasteiger partial charge in [0, 0.05) is 6.04 Å². The molecule has 2 heteroatoms. The summed E-state index contributed by atoms with van der Waals surface area (Å²) in [6.45, 7) is 5.47. The summed E-state index contributed by atoms with van der Waals surface area (Å²) in [6, 6.07) is 8.62. The summed E-state index contributed by atoms with van der Waals surface area (Å²) < 4.78 is 5.20. The molecule has 1 aromatic carbocycles. The minimum absolute atomic E-state index is 0.395. The highest BCUT2D eigenvalue weighted by Gasteiger charge is 2.04. The number of benzene rings is 1. The first-order chi connectivity index (χ1) is 7.27. The number of ether oxygens (including phenoxy) is 1. The highest BCUT2D eigenvalue weighted by Crippen LogP contribution is 2.18. The lowest BCUT2D eigenvalue weighted by atomic mass is 10.1. The molecule has 1 rings (SSSR count). The van der Waals surface area contributed by atoms with Gasteiger partial charge in [-0.3, -0.25) is 0 Å². The van der Waals surface area contributed by atoms with Crippen molar-refractivity contribution >= 4 is 0 Å². The smallest absolute Gasteiger partial charge is 0.119 e. The molecule has 0 aliphatic rings. The maximum absolute atomic E-state index is 5.20. The average Bonchev–Trinajstić information content (AvgIpc) is 2.29. The summed E-state index contributed by atoms with van der Waals surface area (Å²) >= 11 is 0. The lowest BCUT2D eigenvalue weighted by Crippen LogP contribution is -2.19. The van der Waals surface area contributed by atoms with Gasteiger partial charge in [0.25, 0.3) is 0 Å². The van der Waals surface area contributed by atoms with E-state index >= 15 is 0 Å². The fraction of sp³-hybridized carbons (Fsp3) is 0.538. The van der Waals surface area contributed by atoms with Crippen LogP contribution >= 0.6 is 0 Å². The third-order valence-electron chi connectivity index (χ3n) is 2.57. The standard InChI is InChI=1S/C13H21NO/c1-4-5-9-14-11(2)12-7-6-8-13(10-12)15-3/h6-8,10-11,14H,4-5,9H2,1-3H3/t11-/m1/s1.